The van der Waals surface area contributed by atoms with Crippen LogP contribution in [0.3, 0.4) is 0 Å². The fourth-order valence-electron chi connectivity index (χ4n) is 5.37. The van der Waals surface area contributed by atoms with Gasteiger partial charge < -0.3 is 15.4 Å². The molecule has 1 amide bonds. The lowest BCUT2D eigenvalue weighted by molar-refractivity contribution is -0.120. The third-order valence-corrected chi connectivity index (χ3v) is 7.44. The Kier molecular flexibility index (Phi) is 7.77. The number of hydrogen-bond acceptors (Lipinski definition) is 5. The van der Waals surface area contributed by atoms with Crippen LogP contribution < -0.4 is 26.6 Å². The zero-order chi connectivity index (χ0) is 26.5. The monoisotopic (exact) mass is 514 g/mol. The SMILES string of the molecule is Nc1c(N(CCC2=CCCCC2)C(=O)COc2ccc3c(c2)CCC3)c(=O)[nH]c(=O)n1Cc1ccccc1. The molecule has 2 aromatic carbocycles. The van der Waals surface area contributed by atoms with Crippen LogP contribution in [0.1, 0.15) is 55.2 Å². The number of carbonyl (C=O) groups is 1. The molecule has 1 aromatic heterocycles. The maximum atomic E-state index is 13.6. The Labute approximate surface area is 221 Å². The number of nitrogens with one attached hydrogen (secondary N) is 1. The number of carbonyl (C=O) groups excluding carboxylic acids is 1. The largest absolute Gasteiger partial charge is 0.484 e. The number of nitrogens with two attached hydrogens (primary N) is 1. The molecule has 1 heterocycles. The van der Waals surface area contributed by atoms with Crippen molar-refractivity contribution in [2.75, 3.05) is 23.8 Å². The van der Waals surface area contributed by atoms with E-state index in [0.717, 1.165) is 50.5 Å². The molecule has 0 saturated carbocycles. The number of amides is 1. The molecule has 0 spiro atoms. The molecule has 3 N–H and O–H groups in total. The number of benzene rings is 2. The third-order valence-electron chi connectivity index (χ3n) is 7.44. The molecule has 0 bridgehead atoms. The van der Waals surface area contributed by atoms with Crippen molar-refractivity contribution >= 4 is 17.4 Å². The van der Waals surface area contributed by atoms with Gasteiger partial charge in [-0.25, -0.2) is 4.79 Å². The lowest BCUT2D eigenvalue weighted by Crippen LogP contribution is -2.43. The minimum atomic E-state index is -0.680. The zero-order valence-electron chi connectivity index (χ0n) is 21.6. The van der Waals surface area contributed by atoms with E-state index in [1.54, 1.807) is 0 Å². The van der Waals surface area contributed by atoms with Gasteiger partial charge in [-0.15, -0.1) is 0 Å². The molecular weight excluding hydrogens is 480 g/mol. The molecule has 5 rings (SSSR count). The smallest absolute Gasteiger partial charge is 0.330 e. The number of aromatic nitrogens is 2. The van der Waals surface area contributed by atoms with Crippen LogP contribution in [-0.2, 0) is 24.2 Å². The summed E-state index contributed by atoms with van der Waals surface area (Å²) < 4.78 is 7.19. The number of allylic oxidation sites excluding steroid dienone is 1. The molecule has 2 aliphatic carbocycles. The van der Waals surface area contributed by atoms with Gasteiger partial charge in [-0.1, -0.05) is 48.0 Å². The summed E-state index contributed by atoms with van der Waals surface area (Å²) in [4.78, 5) is 43.1. The lowest BCUT2D eigenvalue weighted by Gasteiger charge is -2.25. The molecule has 0 atom stereocenters. The maximum absolute atomic E-state index is 13.6. The quantitative estimate of drug-likeness (QED) is 0.420. The summed E-state index contributed by atoms with van der Waals surface area (Å²) in [5, 5.41) is 0. The van der Waals surface area contributed by atoms with Gasteiger partial charge in [-0.05, 0) is 80.2 Å². The second kappa shape index (κ2) is 11.5. The van der Waals surface area contributed by atoms with Crippen molar-refractivity contribution in [2.24, 2.45) is 0 Å². The van der Waals surface area contributed by atoms with Crippen LogP contribution in [0, 0.1) is 0 Å². The van der Waals surface area contributed by atoms with Gasteiger partial charge in [-0.2, -0.15) is 0 Å². The van der Waals surface area contributed by atoms with Crippen molar-refractivity contribution in [3.8, 4) is 5.75 Å². The second-order valence-corrected chi connectivity index (χ2v) is 10.0. The van der Waals surface area contributed by atoms with Crippen molar-refractivity contribution in [1.29, 1.82) is 0 Å². The van der Waals surface area contributed by atoms with E-state index in [-0.39, 0.29) is 37.1 Å². The summed E-state index contributed by atoms with van der Waals surface area (Å²) in [6.45, 7) is 0.206. The highest BCUT2D eigenvalue weighted by Crippen LogP contribution is 2.27. The number of nitrogens with zero attached hydrogens (tertiary/aromatic N) is 2. The summed E-state index contributed by atoms with van der Waals surface area (Å²) in [5.74, 6) is 0.208. The van der Waals surface area contributed by atoms with Gasteiger partial charge >= 0.3 is 5.69 Å². The first-order chi connectivity index (χ1) is 18.5. The van der Waals surface area contributed by atoms with E-state index in [1.165, 1.54) is 26.2 Å². The minimum Gasteiger partial charge on any atom is -0.484 e. The first-order valence-corrected chi connectivity index (χ1v) is 13.4. The summed E-state index contributed by atoms with van der Waals surface area (Å²) in [7, 11) is 0. The minimum absolute atomic E-state index is 0.0144. The highest BCUT2D eigenvalue weighted by molar-refractivity contribution is 5.96. The van der Waals surface area contributed by atoms with E-state index >= 15 is 0 Å². The van der Waals surface area contributed by atoms with E-state index < -0.39 is 11.2 Å². The number of aromatic amines is 1. The Balaban J connectivity index is 1.43. The molecule has 8 heteroatoms. The Bertz CT molecular complexity index is 1460. The predicted octanol–water partition coefficient (Wildman–Crippen LogP) is 3.96. The van der Waals surface area contributed by atoms with E-state index in [9.17, 15) is 14.4 Å². The average molecular weight is 515 g/mol. The van der Waals surface area contributed by atoms with Gasteiger partial charge in [0.1, 0.15) is 11.6 Å². The highest BCUT2D eigenvalue weighted by Gasteiger charge is 2.25. The van der Waals surface area contributed by atoms with E-state index in [2.05, 4.69) is 17.1 Å². The predicted molar refractivity (Wildman–Crippen MR) is 149 cm³/mol. The highest BCUT2D eigenvalue weighted by atomic mass is 16.5. The zero-order valence-corrected chi connectivity index (χ0v) is 21.6. The summed E-state index contributed by atoms with van der Waals surface area (Å²) >= 11 is 0. The molecule has 0 unspecified atom stereocenters. The molecule has 0 fully saturated rings. The topological polar surface area (TPSA) is 110 Å². The number of fused-ring (bicyclic) bond motifs is 1. The van der Waals surface area contributed by atoms with Crippen molar-refractivity contribution in [3.05, 3.63) is 97.7 Å². The van der Waals surface area contributed by atoms with Crippen LogP contribution >= 0.6 is 0 Å². The first-order valence-electron chi connectivity index (χ1n) is 13.4. The molecule has 0 saturated heterocycles. The Hall–Kier alpha value is -4.07. The van der Waals surface area contributed by atoms with Gasteiger partial charge in [0.05, 0.1) is 6.54 Å². The number of nitrogen functional groups attached to an aromatic ring is 1. The Morgan fingerprint density at radius 1 is 1.00 bits per heavy atom. The molecule has 3 aromatic rings. The molecule has 2 aliphatic rings. The molecule has 0 aliphatic heterocycles. The summed E-state index contributed by atoms with van der Waals surface area (Å²) in [6.07, 6.45) is 10.3. The fraction of sp³-hybridized carbons (Fsp3) is 0.367. The van der Waals surface area contributed by atoms with Gasteiger partial charge in [0.2, 0.25) is 0 Å². The fourth-order valence-corrected chi connectivity index (χ4v) is 5.37. The molecular formula is C30H34N4O4. The van der Waals surface area contributed by atoms with E-state index in [4.69, 9.17) is 10.5 Å². The number of anilines is 2. The summed E-state index contributed by atoms with van der Waals surface area (Å²) in [5.41, 5.74) is 9.83. The standard InChI is InChI=1S/C30H34N4O4/c31-28-27(29(36)32-30(37)34(28)19-22-10-5-2-6-11-22)33(17-16-21-8-3-1-4-9-21)26(35)20-38-25-15-14-23-12-7-13-24(23)18-25/h2,5-6,8,10-11,14-15,18H,1,3-4,7,9,12-13,16-17,19-20,31H2,(H,32,36,37). The van der Waals surface area contributed by atoms with Crippen LogP contribution in [0.2, 0.25) is 0 Å². The van der Waals surface area contributed by atoms with Gasteiger partial charge in [0.15, 0.2) is 12.3 Å². The number of rotatable bonds is 9. The molecule has 38 heavy (non-hydrogen) atoms. The maximum Gasteiger partial charge on any atom is 0.330 e. The van der Waals surface area contributed by atoms with Crippen LogP contribution in [0.5, 0.6) is 5.75 Å². The Morgan fingerprint density at radius 3 is 2.61 bits per heavy atom. The van der Waals surface area contributed by atoms with Crippen LogP contribution in [0.4, 0.5) is 11.5 Å². The number of hydrogen-bond donors (Lipinski definition) is 2. The van der Waals surface area contributed by atoms with E-state index in [0.29, 0.717) is 12.2 Å². The van der Waals surface area contributed by atoms with Gasteiger partial charge in [0.25, 0.3) is 11.5 Å². The number of ether oxygens (including phenoxy) is 1. The Morgan fingerprint density at radius 2 is 1.82 bits per heavy atom. The van der Waals surface area contributed by atoms with Crippen LogP contribution in [-0.4, -0.2) is 28.6 Å². The molecule has 198 valence electrons. The first kappa shape index (κ1) is 25.6. The number of aryl methyl sites for hydroxylation is 2. The van der Waals surface area contributed by atoms with Gasteiger partial charge in [0, 0.05) is 6.54 Å². The van der Waals surface area contributed by atoms with E-state index in [1.807, 2.05) is 42.5 Å². The van der Waals surface area contributed by atoms with Crippen molar-refractivity contribution in [2.45, 2.75) is 57.9 Å². The third kappa shape index (κ3) is 5.74. The van der Waals surface area contributed by atoms with Crippen LogP contribution in [0.25, 0.3) is 0 Å². The second-order valence-electron chi connectivity index (χ2n) is 10.0. The normalized spacial score (nSPS) is 14.6. The average Bonchev–Trinajstić information content (AvgIpc) is 3.40. The summed E-state index contributed by atoms with van der Waals surface area (Å²) in [6, 6.07) is 15.3. The van der Waals surface area contributed by atoms with Crippen molar-refractivity contribution in [3.63, 3.8) is 0 Å². The van der Waals surface area contributed by atoms with Crippen molar-refractivity contribution in [1.82, 2.24) is 9.55 Å². The molecule has 0 radical (unpaired) electrons. The lowest BCUT2D eigenvalue weighted by atomic mass is 9.97. The van der Waals surface area contributed by atoms with Gasteiger partial charge in [-0.3, -0.25) is 19.1 Å². The van der Waals surface area contributed by atoms with Crippen molar-refractivity contribution < 1.29 is 9.53 Å². The molecule has 8 nitrogen and oxygen atoms in total. The van der Waals surface area contributed by atoms with Crippen LogP contribution in [0.15, 0.2) is 69.8 Å². The number of H-pyrrole nitrogens is 1.